The Hall–Kier alpha value is -1.06. The number of hydrogen-bond donors (Lipinski definition) is 2. The number of halogens is 1. The highest BCUT2D eigenvalue weighted by Gasteiger charge is 2.07. The molecule has 0 aliphatic heterocycles. The fourth-order valence-electron chi connectivity index (χ4n) is 3.08. The predicted octanol–water partition coefficient (Wildman–Crippen LogP) is 4.29. The van der Waals surface area contributed by atoms with E-state index in [0.29, 0.717) is 19.2 Å². The molecule has 0 aliphatic rings. The van der Waals surface area contributed by atoms with Crippen molar-refractivity contribution < 1.29 is 9.47 Å². The Morgan fingerprint density at radius 1 is 1.13 bits per heavy atom. The zero-order valence-electron chi connectivity index (χ0n) is 19.6. The molecule has 0 saturated carbocycles. The SMILES string of the molecule is CCNC(=NCc1cccc(OCCCOC)c1)NC(C)CCCN(CC)CC.I. The molecule has 1 aromatic rings. The van der Waals surface area contributed by atoms with Crippen molar-refractivity contribution in [1.82, 2.24) is 15.5 Å². The van der Waals surface area contributed by atoms with Crippen LogP contribution in [0.3, 0.4) is 0 Å². The average Bonchev–Trinajstić information content (AvgIpc) is 2.73. The average molecular weight is 535 g/mol. The van der Waals surface area contributed by atoms with Crippen LogP contribution in [0.1, 0.15) is 52.5 Å². The summed E-state index contributed by atoms with van der Waals surface area (Å²) in [7, 11) is 1.71. The van der Waals surface area contributed by atoms with E-state index in [1.54, 1.807) is 7.11 Å². The highest BCUT2D eigenvalue weighted by Crippen LogP contribution is 2.14. The first-order valence-electron chi connectivity index (χ1n) is 11.1. The number of benzene rings is 1. The molecule has 1 unspecified atom stereocenters. The second-order valence-corrected chi connectivity index (χ2v) is 7.25. The summed E-state index contributed by atoms with van der Waals surface area (Å²) >= 11 is 0. The molecule has 1 rings (SSSR count). The molecule has 0 spiro atoms. The molecule has 0 radical (unpaired) electrons. The van der Waals surface area contributed by atoms with Gasteiger partial charge in [-0.15, -0.1) is 24.0 Å². The summed E-state index contributed by atoms with van der Waals surface area (Å²) in [5, 5.41) is 6.89. The monoisotopic (exact) mass is 534 g/mol. The van der Waals surface area contributed by atoms with E-state index in [0.717, 1.165) is 62.9 Å². The van der Waals surface area contributed by atoms with Gasteiger partial charge >= 0.3 is 0 Å². The summed E-state index contributed by atoms with van der Waals surface area (Å²) in [5.74, 6) is 1.76. The first-order valence-corrected chi connectivity index (χ1v) is 11.1. The lowest BCUT2D eigenvalue weighted by atomic mass is 10.2. The molecule has 174 valence electrons. The van der Waals surface area contributed by atoms with Gasteiger partial charge in [-0.1, -0.05) is 26.0 Å². The van der Waals surface area contributed by atoms with Crippen molar-refractivity contribution in [2.45, 2.75) is 59.5 Å². The van der Waals surface area contributed by atoms with Crippen LogP contribution in [0.4, 0.5) is 0 Å². The van der Waals surface area contributed by atoms with Gasteiger partial charge in [0.25, 0.3) is 0 Å². The summed E-state index contributed by atoms with van der Waals surface area (Å²) in [6.45, 7) is 15.0. The molecule has 0 amide bonds. The third kappa shape index (κ3) is 13.3. The summed E-state index contributed by atoms with van der Waals surface area (Å²) in [5.41, 5.74) is 1.14. The van der Waals surface area contributed by atoms with Crippen LogP contribution in [0, 0.1) is 0 Å². The summed E-state index contributed by atoms with van der Waals surface area (Å²) in [6.07, 6.45) is 3.21. The topological polar surface area (TPSA) is 58.1 Å². The van der Waals surface area contributed by atoms with E-state index in [1.807, 2.05) is 12.1 Å². The van der Waals surface area contributed by atoms with E-state index >= 15 is 0 Å². The molecule has 1 atom stereocenters. The van der Waals surface area contributed by atoms with Crippen molar-refractivity contribution in [3.63, 3.8) is 0 Å². The second-order valence-electron chi connectivity index (χ2n) is 7.25. The Labute approximate surface area is 201 Å². The number of hydrogen-bond acceptors (Lipinski definition) is 4. The molecule has 2 N–H and O–H groups in total. The molecule has 0 saturated heterocycles. The smallest absolute Gasteiger partial charge is 0.191 e. The first-order chi connectivity index (χ1) is 14.1. The molecule has 30 heavy (non-hydrogen) atoms. The standard InChI is InChI=1S/C23H42N4O2.HI/c1-6-24-23(26-20(4)12-10-15-27(7-2)8-3)25-19-21-13-9-14-22(18-21)29-17-11-16-28-5;/h9,13-14,18,20H,6-8,10-12,15-17,19H2,1-5H3,(H2,24,25,26);1H. The minimum Gasteiger partial charge on any atom is -0.493 e. The number of nitrogens with one attached hydrogen (secondary N) is 2. The fraction of sp³-hybridized carbons (Fsp3) is 0.696. The lowest BCUT2D eigenvalue weighted by Crippen LogP contribution is -2.42. The van der Waals surface area contributed by atoms with Crippen LogP contribution in [0.2, 0.25) is 0 Å². The van der Waals surface area contributed by atoms with Gasteiger partial charge in [0.15, 0.2) is 5.96 Å². The Morgan fingerprint density at radius 2 is 1.90 bits per heavy atom. The second kappa shape index (κ2) is 18.7. The highest BCUT2D eigenvalue weighted by molar-refractivity contribution is 14.0. The van der Waals surface area contributed by atoms with Crippen LogP contribution in [-0.4, -0.2) is 63.4 Å². The van der Waals surface area contributed by atoms with Gasteiger partial charge in [-0.2, -0.15) is 0 Å². The van der Waals surface area contributed by atoms with E-state index in [2.05, 4.69) is 55.4 Å². The first kappa shape index (κ1) is 28.9. The maximum atomic E-state index is 5.79. The van der Waals surface area contributed by atoms with Crippen LogP contribution in [0.15, 0.2) is 29.3 Å². The van der Waals surface area contributed by atoms with Crippen molar-refractivity contribution >= 4 is 29.9 Å². The van der Waals surface area contributed by atoms with E-state index in [4.69, 9.17) is 14.5 Å². The van der Waals surface area contributed by atoms with Crippen LogP contribution in [0.5, 0.6) is 5.75 Å². The molecular weight excluding hydrogens is 491 g/mol. The zero-order chi connectivity index (χ0) is 21.3. The summed E-state index contributed by atoms with van der Waals surface area (Å²) < 4.78 is 10.8. The van der Waals surface area contributed by atoms with Crippen molar-refractivity contribution in [1.29, 1.82) is 0 Å². The van der Waals surface area contributed by atoms with Gasteiger partial charge in [0.05, 0.1) is 13.2 Å². The lowest BCUT2D eigenvalue weighted by Gasteiger charge is -2.21. The number of ether oxygens (including phenoxy) is 2. The van der Waals surface area contributed by atoms with Crippen LogP contribution >= 0.6 is 24.0 Å². The number of methoxy groups -OCH3 is 1. The predicted molar refractivity (Wildman–Crippen MR) is 138 cm³/mol. The molecular formula is C23H43IN4O2. The maximum absolute atomic E-state index is 5.79. The fourth-order valence-corrected chi connectivity index (χ4v) is 3.08. The normalized spacial score (nSPS) is 12.4. The zero-order valence-corrected chi connectivity index (χ0v) is 21.9. The maximum Gasteiger partial charge on any atom is 0.191 e. The number of rotatable bonds is 15. The molecule has 0 fully saturated rings. The van der Waals surface area contributed by atoms with Crippen molar-refractivity contribution in [3.8, 4) is 5.75 Å². The van der Waals surface area contributed by atoms with Crippen LogP contribution < -0.4 is 15.4 Å². The Kier molecular flexibility index (Phi) is 18.0. The summed E-state index contributed by atoms with van der Waals surface area (Å²) in [6, 6.07) is 8.54. The van der Waals surface area contributed by atoms with Gasteiger partial charge in [-0.25, -0.2) is 4.99 Å². The number of aliphatic imine (C=N–C) groups is 1. The van der Waals surface area contributed by atoms with Gasteiger partial charge in [0.2, 0.25) is 0 Å². The third-order valence-corrected chi connectivity index (χ3v) is 4.81. The Bertz CT molecular complexity index is 568. The van der Waals surface area contributed by atoms with E-state index < -0.39 is 0 Å². The number of guanidine groups is 1. The van der Waals surface area contributed by atoms with Gasteiger partial charge in [-0.3, -0.25) is 0 Å². The molecule has 0 bridgehead atoms. The molecule has 0 aliphatic carbocycles. The molecule has 0 aromatic heterocycles. The van der Waals surface area contributed by atoms with Crippen LogP contribution in [-0.2, 0) is 11.3 Å². The van der Waals surface area contributed by atoms with Crippen molar-refractivity contribution in [2.24, 2.45) is 4.99 Å². The highest BCUT2D eigenvalue weighted by atomic mass is 127. The van der Waals surface area contributed by atoms with E-state index in [-0.39, 0.29) is 24.0 Å². The summed E-state index contributed by atoms with van der Waals surface area (Å²) in [4.78, 5) is 7.23. The van der Waals surface area contributed by atoms with Crippen LogP contribution in [0.25, 0.3) is 0 Å². The largest absolute Gasteiger partial charge is 0.493 e. The van der Waals surface area contributed by atoms with Crippen molar-refractivity contribution in [3.05, 3.63) is 29.8 Å². The van der Waals surface area contributed by atoms with Crippen molar-refractivity contribution in [2.75, 3.05) is 46.5 Å². The molecule has 6 nitrogen and oxygen atoms in total. The van der Waals surface area contributed by atoms with Gasteiger partial charge in [0.1, 0.15) is 5.75 Å². The Morgan fingerprint density at radius 3 is 2.57 bits per heavy atom. The lowest BCUT2D eigenvalue weighted by molar-refractivity contribution is 0.172. The quantitative estimate of drug-likeness (QED) is 0.152. The minimum absolute atomic E-state index is 0. The molecule has 1 aromatic carbocycles. The molecule has 0 heterocycles. The third-order valence-electron chi connectivity index (χ3n) is 4.81. The number of nitrogens with zero attached hydrogens (tertiary/aromatic N) is 2. The molecule has 7 heteroatoms. The van der Waals surface area contributed by atoms with Gasteiger partial charge in [-0.05, 0) is 64.0 Å². The van der Waals surface area contributed by atoms with E-state index in [1.165, 1.54) is 6.42 Å². The van der Waals surface area contributed by atoms with Gasteiger partial charge in [0, 0.05) is 32.7 Å². The minimum atomic E-state index is 0. The van der Waals surface area contributed by atoms with E-state index in [9.17, 15) is 0 Å². The van der Waals surface area contributed by atoms with Gasteiger partial charge < -0.3 is 25.0 Å². The Balaban J connectivity index is 0.00000841.